The van der Waals surface area contributed by atoms with Gasteiger partial charge in [0.1, 0.15) is 0 Å². The molecule has 6 aromatic carbocycles. The van der Waals surface area contributed by atoms with Gasteiger partial charge in [0.2, 0.25) is 0 Å². The predicted octanol–water partition coefficient (Wildman–Crippen LogP) is 20.6. The van der Waals surface area contributed by atoms with Crippen molar-refractivity contribution in [2.75, 3.05) is 22.6 Å². The summed E-state index contributed by atoms with van der Waals surface area (Å²) in [6, 6.07) is 47.7. The Kier molecular flexibility index (Phi) is 28.3. The molecule has 12 aromatic rings. The number of anilines is 3. The molecule has 0 aliphatic carbocycles. The second-order valence-electron chi connectivity index (χ2n) is 21.0. The molecule has 0 saturated carbocycles. The van der Waals surface area contributed by atoms with E-state index in [0.29, 0.717) is 114 Å². The number of esters is 1. The van der Waals surface area contributed by atoms with Crippen LogP contribution in [0.25, 0.3) is 50.8 Å². The molecule has 103 heavy (non-hydrogen) atoms. The highest BCUT2D eigenvalue weighted by molar-refractivity contribution is 6.37. The van der Waals surface area contributed by atoms with E-state index < -0.39 is 36.1 Å². The Morgan fingerprint density at radius 1 is 0.456 bits per heavy atom. The molecular weight excluding hydrogens is 1500 g/mol. The fourth-order valence-corrected chi connectivity index (χ4v) is 11.9. The third kappa shape index (κ3) is 19.9. The van der Waals surface area contributed by atoms with E-state index in [1.54, 1.807) is 188 Å². The Bertz CT molecular complexity index is 5060. The van der Waals surface area contributed by atoms with Crippen molar-refractivity contribution >= 4 is 151 Å². The number of carboxylic acid groups (broad SMARTS) is 1. The third-order valence-electron chi connectivity index (χ3n) is 14.3. The fourth-order valence-electron chi connectivity index (χ4n) is 10.1. The molecule has 0 fully saturated rings. The first kappa shape index (κ1) is 78.6. The number of aliphatic carboxylic acids is 1. The molecule has 0 aliphatic heterocycles. The van der Waals surface area contributed by atoms with Gasteiger partial charge in [-0.25, -0.2) is 14.0 Å². The van der Waals surface area contributed by atoms with Crippen molar-refractivity contribution in [1.82, 2.24) is 44.3 Å². The smallest absolute Gasteiger partial charge is 0.310 e. The first-order valence-electron chi connectivity index (χ1n) is 30.6. The van der Waals surface area contributed by atoms with Gasteiger partial charge in [-0.15, -0.1) is 0 Å². The Morgan fingerprint density at radius 3 is 1.04 bits per heavy atom. The van der Waals surface area contributed by atoms with Crippen LogP contribution in [-0.2, 0) is 33.6 Å². The molecule has 0 saturated heterocycles. The number of rotatable bonds is 18. The van der Waals surface area contributed by atoms with E-state index >= 15 is 0 Å². The Morgan fingerprint density at radius 2 is 0.757 bits per heavy atom. The standard InChI is InChI=1S/C25H19Cl3N4O3.C23H14Cl3N5O.C23H15Cl3N4O3.3CH4.2H2/c1-2-35-22(33)13-19-23(25(34)30-18-4-3-11-29-14-18)31-32(21-10-9-17(27)12-20(21)28)24(19)15-5-7-16(26)8-6-15;24-15-5-3-14(4-6-15)22-18(9-10-27)21(23(32)29-17-2-1-11-28-13-17)30-31(22)20-8-7-16(25)12-19(20)26;24-14-5-3-13(4-6-14)22-17(11-20(31)32)21(23(33)28-16-2-1-9-27-12-16)29-30(22)19-8-7-15(25)10-18(19)26;;;;;/h3-12,14H,2,13H2,1H3,(H,30,34);1-8,11-13H,9H2,(H,29,32);1-10,12H,11H2,(H,28,33)(H,31,32);3*1H4;2*1H/i;;;;;;1+1D;1+1. The maximum absolute atomic E-state index is 13.4. The van der Waals surface area contributed by atoms with E-state index in [1.807, 2.05) is 0 Å². The summed E-state index contributed by atoms with van der Waals surface area (Å²) in [6.07, 6.45) is 8.60. The molecule has 0 radical (unpaired) electrons. The van der Waals surface area contributed by atoms with Crippen LogP contribution in [0.3, 0.4) is 0 Å². The largest absolute Gasteiger partial charge is 0.481 e. The number of carboxylic acids is 1. The number of nitrogens with zero attached hydrogens (tertiary/aromatic N) is 10. The number of halogens is 9. The Hall–Kier alpha value is -10.2. The summed E-state index contributed by atoms with van der Waals surface area (Å²) in [7, 11) is 0. The number of hydrogen-bond acceptors (Lipinski definition) is 13. The number of aromatic nitrogens is 9. The number of hydrogen-bond donors (Lipinski definition) is 4. The lowest BCUT2D eigenvalue weighted by molar-refractivity contribution is -0.142. The number of ether oxygens (including phenoxy) is 1. The summed E-state index contributed by atoms with van der Waals surface area (Å²) in [5.41, 5.74) is 7.44. The number of nitriles is 1. The number of pyridine rings is 3. The highest BCUT2D eigenvalue weighted by Crippen LogP contribution is 2.39. The summed E-state index contributed by atoms with van der Waals surface area (Å²) in [6.45, 7) is 1.91. The van der Waals surface area contributed by atoms with Crippen molar-refractivity contribution < 1.29 is 38.2 Å². The van der Waals surface area contributed by atoms with E-state index in [0.717, 1.165) is 5.56 Å². The van der Waals surface area contributed by atoms with E-state index in [-0.39, 0.29) is 70.8 Å². The van der Waals surface area contributed by atoms with Crippen LogP contribution in [0.4, 0.5) is 17.1 Å². The van der Waals surface area contributed by atoms with Crippen LogP contribution in [0.15, 0.2) is 201 Å². The summed E-state index contributed by atoms with van der Waals surface area (Å²) in [5.74, 6) is -3.20. The molecule has 0 unspecified atom stereocenters. The number of benzene rings is 6. The van der Waals surface area contributed by atoms with Crippen molar-refractivity contribution in [2.45, 2.75) is 48.5 Å². The van der Waals surface area contributed by atoms with Gasteiger partial charge in [-0.3, -0.25) is 38.9 Å². The molecule has 0 spiro atoms. The molecule has 530 valence electrons. The van der Waals surface area contributed by atoms with E-state index in [9.17, 15) is 34.3 Å². The maximum atomic E-state index is 13.4. The van der Waals surface area contributed by atoms with Gasteiger partial charge in [0.25, 0.3) is 17.7 Å². The molecule has 29 heteroatoms. The lowest BCUT2D eigenvalue weighted by atomic mass is 10.0. The zero-order valence-electron chi connectivity index (χ0n) is 53.7. The maximum Gasteiger partial charge on any atom is 0.310 e. The molecule has 3 amide bonds. The fraction of sp³-hybridized carbons (Fsp3) is 0.108. The highest BCUT2D eigenvalue weighted by atomic mass is 35.5. The van der Waals surface area contributed by atoms with Crippen molar-refractivity contribution in [1.29, 1.82) is 5.26 Å². The quantitative estimate of drug-likeness (QED) is 0.0582. The molecular formula is C74H64Cl9N13O7. The van der Waals surface area contributed by atoms with Crippen LogP contribution in [0.5, 0.6) is 0 Å². The average Bonchev–Trinajstić information content (AvgIpc) is 1.62. The van der Waals surface area contributed by atoms with E-state index in [1.165, 1.54) is 34.0 Å². The van der Waals surface area contributed by atoms with Crippen LogP contribution < -0.4 is 16.0 Å². The Labute approximate surface area is 642 Å². The summed E-state index contributed by atoms with van der Waals surface area (Å²) in [4.78, 5) is 76.0. The van der Waals surface area contributed by atoms with Crippen LogP contribution >= 0.6 is 104 Å². The molecule has 0 bridgehead atoms. The molecule has 0 atom stereocenters. The molecule has 6 aromatic heterocycles. The zero-order valence-corrected chi connectivity index (χ0v) is 58.5. The number of nitrogens with one attached hydrogen (secondary N) is 3. The minimum atomic E-state index is -1.12. The minimum absolute atomic E-state index is 0. The van der Waals surface area contributed by atoms with Crippen LogP contribution in [0.2, 0.25) is 45.2 Å². The lowest BCUT2D eigenvalue weighted by Crippen LogP contribution is -2.17. The number of amides is 3. The first-order chi connectivity index (χ1) is 49.2. The number of carbonyl (C=O) groups excluding carboxylic acids is 4. The van der Waals surface area contributed by atoms with Gasteiger partial charge in [0.15, 0.2) is 17.1 Å². The lowest BCUT2D eigenvalue weighted by Gasteiger charge is -2.12. The topological polar surface area (TPSA) is 267 Å². The normalized spacial score (nSPS) is 10.5. The van der Waals surface area contributed by atoms with Crippen molar-refractivity contribution in [3.05, 3.63) is 280 Å². The van der Waals surface area contributed by atoms with Crippen LogP contribution in [-0.4, -0.2) is 85.7 Å². The second kappa shape index (κ2) is 37.2. The van der Waals surface area contributed by atoms with Gasteiger partial charge in [-0.1, -0.05) is 163 Å². The van der Waals surface area contributed by atoms with Gasteiger partial charge >= 0.3 is 11.9 Å². The Balaban J connectivity index is 0.000000277. The van der Waals surface area contributed by atoms with E-state index in [4.69, 9.17) is 112 Å². The summed E-state index contributed by atoms with van der Waals surface area (Å²) in [5, 5.41) is 44.9. The molecule has 4 N–H and O–H groups in total. The van der Waals surface area contributed by atoms with Crippen molar-refractivity contribution in [3.8, 4) is 56.9 Å². The molecule has 6 heterocycles. The average molecular weight is 1570 g/mol. The van der Waals surface area contributed by atoms with Crippen molar-refractivity contribution in [3.63, 3.8) is 0 Å². The second-order valence-corrected chi connectivity index (χ2v) is 24.9. The van der Waals surface area contributed by atoms with Crippen molar-refractivity contribution in [2.24, 2.45) is 0 Å². The summed E-state index contributed by atoms with van der Waals surface area (Å²) < 4.78 is 19.7. The minimum Gasteiger partial charge on any atom is -0.481 e. The van der Waals surface area contributed by atoms with Gasteiger partial charge in [0.05, 0.1) is 117 Å². The first-order valence-corrected chi connectivity index (χ1v) is 33.0. The summed E-state index contributed by atoms with van der Waals surface area (Å²) >= 11 is 55.8. The van der Waals surface area contributed by atoms with Gasteiger partial charge in [0, 0.05) is 86.5 Å². The molecule has 0 aliphatic rings. The van der Waals surface area contributed by atoms with Crippen LogP contribution in [0.1, 0.15) is 81.8 Å². The monoisotopic (exact) mass is 1560 g/mol. The predicted molar refractivity (Wildman–Crippen MR) is 414 cm³/mol. The van der Waals surface area contributed by atoms with Gasteiger partial charge < -0.3 is 25.8 Å². The highest BCUT2D eigenvalue weighted by Gasteiger charge is 2.31. The molecule has 12 rings (SSSR count). The van der Waals surface area contributed by atoms with Gasteiger partial charge in [-0.05, 0) is 134 Å². The van der Waals surface area contributed by atoms with Gasteiger partial charge in [-0.2, -0.15) is 20.6 Å². The van der Waals surface area contributed by atoms with E-state index in [2.05, 4.69) is 52.3 Å². The zero-order chi connectivity index (χ0) is 73.1. The number of carbonyl (C=O) groups is 5. The van der Waals surface area contributed by atoms with Crippen LogP contribution in [0, 0.1) is 11.3 Å². The SMILES string of the molecule is C.C.C.CCOC(=O)Cc1c(C(=O)Nc2cccnc2)nn(-c2ccc(Cl)cc2Cl)c1-c1ccc(Cl)cc1.N#CCc1c(C(=O)Nc2cccnc2)nn(-c2ccc(Cl)cc2Cl)c1-c1ccc(Cl)cc1.O=C(O)Cc1c(C(=O)Nc2cccnc2)nn(-c2ccc(Cl)cc2Cl)c1-c1ccc(Cl)cc1.[2HH].[2H][2H]. The molecule has 20 nitrogen and oxygen atoms in total. The third-order valence-corrected chi connectivity index (χ3v) is 16.7.